The maximum atomic E-state index is 11.2. The Balaban J connectivity index is 1.94. The fourth-order valence-electron chi connectivity index (χ4n) is 1.13. The second-order valence-corrected chi connectivity index (χ2v) is 4.98. The van der Waals surface area contributed by atoms with Gasteiger partial charge < -0.3 is 0 Å². The van der Waals surface area contributed by atoms with E-state index in [0.717, 1.165) is 9.81 Å². The largest absolute Gasteiger partial charge is 0.538 e. The van der Waals surface area contributed by atoms with Crippen LogP contribution in [0.1, 0.15) is 0 Å². The zero-order valence-electron chi connectivity index (χ0n) is 6.66. The third-order valence-electron chi connectivity index (χ3n) is 1.69. The Morgan fingerprint density at radius 2 is 2.07 bits per heavy atom. The fourth-order valence-corrected chi connectivity index (χ4v) is 2.41. The molecule has 14 heavy (non-hydrogen) atoms. The van der Waals surface area contributed by atoms with Crippen LogP contribution in [-0.2, 0) is 18.4 Å². The van der Waals surface area contributed by atoms with Crippen molar-refractivity contribution in [3.63, 3.8) is 0 Å². The Kier molecular flexibility index (Phi) is 1.76. The van der Waals surface area contributed by atoms with Crippen LogP contribution < -0.4 is 5.17 Å². The number of hydrogen-bond acceptors (Lipinski definition) is 6. The summed E-state index contributed by atoms with van der Waals surface area (Å²) in [4.78, 5) is 0. The Labute approximate surface area is 87.5 Å². The quantitative estimate of drug-likeness (QED) is 0.736. The van der Waals surface area contributed by atoms with Crippen LogP contribution in [0.5, 0.6) is 0 Å². The first-order valence-corrected chi connectivity index (χ1v) is 5.97. The van der Waals surface area contributed by atoms with Gasteiger partial charge >= 0.3 is 7.82 Å². The molecule has 74 valence electrons. The highest BCUT2D eigenvalue weighted by Gasteiger charge is 2.60. The first-order valence-electron chi connectivity index (χ1n) is 3.71. The van der Waals surface area contributed by atoms with E-state index in [4.69, 9.17) is 13.9 Å². The highest BCUT2D eigenvalue weighted by Crippen LogP contribution is 2.67. The molecule has 0 atom stereocenters. The van der Waals surface area contributed by atoms with Crippen LogP contribution >= 0.6 is 23.8 Å². The number of anilines is 1. The van der Waals surface area contributed by atoms with Gasteiger partial charge in [0.15, 0.2) is 0 Å². The Bertz CT molecular complexity index is 432. The number of rotatable bonds is 1. The lowest BCUT2D eigenvalue weighted by Gasteiger charge is -2.21. The number of hydrogen-bond donors (Lipinski definition) is 0. The van der Waals surface area contributed by atoms with Gasteiger partial charge in [-0.15, -0.1) is 19.0 Å². The Morgan fingerprint density at radius 3 is 2.64 bits per heavy atom. The van der Waals surface area contributed by atoms with Crippen molar-refractivity contribution in [1.29, 1.82) is 0 Å². The van der Waals surface area contributed by atoms with Gasteiger partial charge in [0.1, 0.15) is 0 Å². The molecule has 3 aliphatic rings. The van der Waals surface area contributed by atoms with Crippen molar-refractivity contribution in [3.05, 3.63) is 28.7 Å². The van der Waals surface area contributed by atoms with E-state index in [1.54, 1.807) is 12.1 Å². The molecule has 1 aromatic rings. The minimum Gasteiger partial charge on any atom is -0.222 e. The topological polar surface area (TPSA) is 51.2 Å². The summed E-state index contributed by atoms with van der Waals surface area (Å²) >= 11 is 3.30. The summed E-state index contributed by atoms with van der Waals surface area (Å²) in [5, 5.41) is 2.12. The monoisotopic (exact) mass is 278 g/mol. The van der Waals surface area contributed by atoms with Crippen molar-refractivity contribution < 1.29 is 18.4 Å². The van der Waals surface area contributed by atoms with Crippen LogP contribution in [0.2, 0.25) is 0 Å². The van der Waals surface area contributed by atoms with E-state index in [2.05, 4.69) is 15.9 Å². The average molecular weight is 279 g/mol. The van der Waals surface area contributed by atoms with Gasteiger partial charge in [-0.2, -0.15) is 0 Å². The first-order chi connectivity index (χ1) is 6.66. The van der Waals surface area contributed by atoms with E-state index in [0.29, 0.717) is 5.69 Å². The molecule has 8 heteroatoms. The maximum Gasteiger partial charge on any atom is 0.538 e. The molecule has 0 N–H and O–H groups in total. The molecule has 4 rings (SSSR count). The number of benzene rings is 1. The molecule has 3 fully saturated rings. The molecular weight excluding hydrogens is 275 g/mol. The zero-order valence-corrected chi connectivity index (χ0v) is 9.14. The average Bonchev–Trinajstić information content (AvgIpc) is 2.57. The minimum absolute atomic E-state index is 0.662. The van der Waals surface area contributed by atoms with Crippen molar-refractivity contribution in [2.75, 3.05) is 5.17 Å². The van der Waals surface area contributed by atoms with Gasteiger partial charge in [-0.25, -0.2) is 4.57 Å². The van der Waals surface area contributed by atoms with Crippen molar-refractivity contribution in [2.24, 2.45) is 0 Å². The normalized spacial score (nSPS) is 34.4. The molecular formula is C6H4BrN2O4P. The van der Waals surface area contributed by atoms with Gasteiger partial charge in [0.2, 0.25) is 0 Å². The lowest BCUT2D eigenvalue weighted by atomic mass is 10.3. The van der Waals surface area contributed by atoms with Gasteiger partial charge in [-0.1, -0.05) is 22.0 Å². The summed E-state index contributed by atoms with van der Waals surface area (Å²) in [5.41, 5.74) is 0.662. The van der Waals surface area contributed by atoms with Crippen LogP contribution in [-0.4, -0.2) is 5.34 Å². The number of phosphoric acid groups is 1. The first kappa shape index (κ1) is 8.84. The smallest absolute Gasteiger partial charge is 0.222 e. The second-order valence-electron chi connectivity index (χ2n) is 2.68. The van der Waals surface area contributed by atoms with Crippen molar-refractivity contribution >= 4 is 29.4 Å². The maximum absolute atomic E-state index is 11.2. The molecule has 0 saturated carbocycles. The van der Waals surface area contributed by atoms with E-state index in [9.17, 15) is 4.57 Å². The number of hydrazine groups is 1. The molecule has 3 saturated heterocycles. The zero-order chi connectivity index (χ0) is 9.76. The number of nitrogens with zero attached hydrogens (tertiary/aromatic N) is 2. The molecule has 0 aromatic heterocycles. The summed E-state index contributed by atoms with van der Waals surface area (Å²) in [6.45, 7) is 0. The summed E-state index contributed by atoms with van der Waals surface area (Å²) in [6, 6.07) is 7.23. The van der Waals surface area contributed by atoms with Gasteiger partial charge in [-0.3, -0.25) is 0 Å². The van der Waals surface area contributed by atoms with E-state index < -0.39 is 7.82 Å². The molecule has 3 heterocycles. The van der Waals surface area contributed by atoms with Gasteiger partial charge in [-0.05, 0) is 18.2 Å². The van der Waals surface area contributed by atoms with E-state index in [1.165, 1.54) is 5.17 Å². The van der Waals surface area contributed by atoms with Gasteiger partial charge in [0.25, 0.3) is 0 Å². The minimum atomic E-state index is -3.30. The highest BCUT2D eigenvalue weighted by atomic mass is 79.9. The van der Waals surface area contributed by atoms with Crippen LogP contribution in [0.3, 0.4) is 0 Å². The Morgan fingerprint density at radius 1 is 1.29 bits per heavy atom. The second kappa shape index (κ2) is 2.79. The number of halogens is 1. The van der Waals surface area contributed by atoms with Crippen LogP contribution in [0, 0.1) is 0 Å². The third kappa shape index (κ3) is 1.22. The number of fused-ring (bicyclic) bond motifs is 1. The van der Waals surface area contributed by atoms with Crippen molar-refractivity contribution in [1.82, 2.24) is 5.34 Å². The predicted molar refractivity (Wildman–Crippen MR) is 49.3 cm³/mol. The van der Waals surface area contributed by atoms with Crippen molar-refractivity contribution in [2.45, 2.75) is 0 Å². The van der Waals surface area contributed by atoms with Crippen LogP contribution in [0.25, 0.3) is 0 Å². The fraction of sp³-hybridized carbons (Fsp3) is 0. The Hall–Kier alpha value is -0.430. The molecule has 0 spiro atoms. The summed E-state index contributed by atoms with van der Waals surface area (Å²) in [5.74, 6) is 0. The predicted octanol–water partition coefficient (Wildman–Crippen LogP) is 2.40. The standard InChI is InChI=1S/C6H4BrN2O4P/c7-5-2-1-3-6(4-5)8-9-12-14(10,11-8)13-9/h1-4H. The van der Waals surface area contributed by atoms with Crippen LogP contribution in [0.15, 0.2) is 28.7 Å². The summed E-state index contributed by atoms with van der Waals surface area (Å²) in [7, 11) is -3.30. The van der Waals surface area contributed by atoms with Gasteiger partial charge in [0, 0.05) is 4.47 Å². The van der Waals surface area contributed by atoms with Crippen LogP contribution in [0.4, 0.5) is 5.69 Å². The molecule has 2 bridgehead atoms. The third-order valence-corrected chi connectivity index (χ3v) is 3.22. The molecule has 0 radical (unpaired) electrons. The van der Waals surface area contributed by atoms with E-state index >= 15 is 0 Å². The lowest BCUT2D eigenvalue weighted by Crippen LogP contribution is -2.34. The highest BCUT2D eigenvalue weighted by molar-refractivity contribution is 9.10. The summed E-state index contributed by atoms with van der Waals surface area (Å²) in [6.07, 6.45) is 0. The summed E-state index contributed by atoms with van der Waals surface area (Å²) < 4.78 is 26.4. The van der Waals surface area contributed by atoms with Crippen molar-refractivity contribution in [3.8, 4) is 0 Å². The van der Waals surface area contributed by atoms with Gasteiger partial charge in [0.05, 0.1) is 11.0 Å². The molecule has 0 amide bonds. The molecule has 0 aliphatic carbocycles. The molecule has 0 unspecified atom stereocenters. The molecule has 3 aliphatic heterocycles. The molecule has 1 aromatic carbocycles. The van der Waals surface area contributed by atoms with E-state index in [-0.39, 0.29) is 0 Å². The molecule has 6 nitrogen and oxygen atoms in total. The SMILES string of the molecule is O=P12ON(O1)N(c1cccc(Br)c1)O2. The van der Waals surface area contributed by atoms with E-state index in [1.807, 2.05) is 12.1 Å². The lowest BCUT2D eigenvalue weighted by molar-refractivity contribution is -0.318.